The quantitative estimate of drug-likeness (QED) is 0.723. The zero-order valence-corrected chi connectivity index (χ0v) is 18.3. The highest BCUT2D eigenvalue weighted by Gasteiger charge is 2.39. The van der Waals surface area contributed by atoms with E-state index >= 15 is 0 Å². The molecule has 2 heterocycles. The van der Waals surface area contributed by atoms with Gasteiger partial charge in [0.25, 0.3) is 0 Å². The van der Waals surface area contributed by atoms with Gasteiger partial charge in [0.1, 0.15) is 6.61 Å². The van der Waals surface area contributed by atoms with Crippen LogP contribution in [0, 0.1) is 16.7 Å². The maximum atomic E-state index is 9.48. The molecule has 5 heteroatoms. The third-order valence-corrected chi connectivity index (χ3v) is 6.67. The number of nitriles is 1. The van der Waals surface area contributed by atoms with E-state index in [1.165, 1.54) is 11.1 Å². The van der Waals surface area contributed by atoms with Crippen molar-refractivity contribution in [2.24, 2.45) is 5.41 Å². The normalized spacial score (nSPS) is 25.9. The summed E-state index contributed by atoms with van der Waals surface area (Å²) in [5.74, 6) is 1.57. The molecule has 3 aliphatic rings. The first-order valence-corrected chi connectivity index (χ1v) is 11.0. The fourth-order valence-electron chi connectivity index (χ4n) is 4.99. The van der Waals surface area contributed by atoms with Gasteiger partial charge in [0.15, 0.2) is 11.5 Å². The summed E-state index contributed by atoms with van der Waals surface area (Å²) in [5, 5.41) is 9.48. The van der Waals surface area contributed by atoms with E-state index < -0.39 is 0 Å². The van der Waals surface area contributed by atoms with Gasteiger partial charge in [-0.25, -0.2) is 0 Å². The van der Waals surface area contributed by atoms with Gasteiger partial charge in [-0.15, -0.1) is 0 Å². The molecule has 29 heavy (non-hydrogen) atoms. The molecule has 1 saturated carbocycles. The summed E-state index contributed by atoms with van der Waals surface area (Å²) in [5.41, 5.74) is 2.33. The van der Waals surface area contributed by atoms with Crippen LogP contribution in [0.4, 0.5) is 0 Å². The summed E-state index contributed by atoms with van der Waals surface area (Å²) in [4.78, 5) is 2.57. The Labute approximate surface area is 174 Å². The van der Waals surface area contributed by atoms with E-state index in [1.807, 2.05) is 0 Å². The molecule has 0 amide bonds. The van der Waals surface area contributed by atoms with Gasteiger partial charge in [-0.2, -0.15) is 5.26 Å². The minimum atomic E-state index is -0.302. The van der Waals surface area contributed by atoms with Crippen molar-refractivity contribution in [1.29, 1.82) is 5.26 Å². The van der Waals surface area contributed by atoms with Crippen LogP contribution in [0.3, 0.4) is 0 Å². The lowest BCUT2D eigenvalue weighted by molar-refractivity contribution is -0.0971. The number of piperidine rings is 1. The van der Waals surface area contributed by atoms with Gasteiger partial charge in [-0.1, -0.05) is 6.42 Å². The molecule has 1 aromatic carbocycles. The second kappa shape index (κ2) is 7.81. The molecule has 2 unspecified atom stereocenters. The van der Waals surface area contributed by atoms with Crippen molar-refractivity contribution in [2.45, 2.75) is 77.0 Å². The Balaban J connectivity index is 1.50. The predicted molar refractivity (Wildman–Crippen MR) is 112 cm³/mol. The molecule has 0 aromatic heterocycles. The van der Waals surface area contributed by atoms with Crippen LogP contribution >= 0.6 is 0 Å². The Bertz CT molecular complexity index is 789. The van der Waals surface area contributed by atoms with Crippen LogP contribution in [-0.4, -0.2) is 43.4 Å². The van der Waals surface area contributed by atoms with Gasteiger partial charge in [0, 0.05) is 19.1 Å². The largest absolute Gasteiger partial charge is 0.493 e. The Morgan fingerprint density at radius 3 is 2.62 bits per heavy atom. The molecular weight excluding hydrogens is 364 g/mol. The van der Waals surface area contributed by atoms with E-state index in [9.17, 15) is 5.26 Å². The minimum absolute atomic E-state index is 0.0954. The van der Waals surface area contributed by atoms with Crippen LogP contribution in [0.15, 0.2) is 12.1 Å². The van der Waals surface area contributed by atoms with Crippen molar-refractivity contribution in [1.82, 2.24) is 4.90 Å². The van der Waals surface area contributed by atoms with Crippen LogP contribution in [0.2, 0.25) is 0 Å². The molecule has 0 spiro atoms. The second-order valence-electron chi connectivity index (χ2n) is 9.93. The van der Waals surface area contributed by atoms with Gasteiger partial charge in [0.05, 0.1) is 30.3 Å². The van der Waals surface area contributed by atoms with Gasteiger partial charge in [-0.05, 0) is 76.1 Å². The van der Waals surface area contributed by atoms with E-state index in [2.05, 4.69) is 43.9 Å². The summed E-state index contributed by atoms with van der Waals surface area (Å²) >= 11 is 0. The number of fused-ring (bicyclic) bond motifs is 3. The van der Waals surface area contributed by atoms with Crippen molar-refractivity contribution in [3.8, 4) is 17.6 Å². The van der Waals surface area contributed by atoms with Crippen LogP contribution < -0.4 is 9.47 Å². The standard InChI is InChI=1S/C24H34N2O3/c1-23(2,3)29-18-6-7-20-19-13-21(27-4)22(12-17(19)8-11-26(20)14-18)28-16-24(15-25)9-5-10-24/h12-13,18,20H,5-11,14,16H2,1-4H3. The summed E-state index contributed by atoms with van der Waals surface area (Å²) in [6.07, 6.45) is 6.50. The van der Waals surface area contributed by atoms with Crippen molar-refractivity contribution >= 4 is 0 Å². The topological polar surface area (TPSA) is 54.7 Å². The first-order chi connectivity index (χ1) is 13.8. The molecule has 0 N–H and O–H groups in total. The van der Waals surface area contributed by atoms with Crippen molar-refractivity contribution in [3.63, 3.8) is 0 Å². The van der Waals surface area contributed by atoms with E-state index in [0.717, 1.165) is 63.1 Å². The first kappa shape index (κ1) is 20.5. The molecule has 0 radical (unpaired) electrons. The lowest BCUT2D eigenvalue weighted by Gasteiger charge is -2.45. The van der Waals surface area contributed by atoms with Gasteiger partial charge in [0.2, 0.25) is 0 Å². The number of rotatable bonds is 5. The van der Waals surface area contributed by atoms with Gasteiger partial charge in [-0.3, -0.25) is 4.90 Å². The molecule has 1 saturated heterocycles. The average Bonchev–Trinajstić information content (AvgIpc) is 2.65. The number of methoxy groups -OCH3 is 1. The van der Waals surface area contributed by atoms with E-state index in [0.29, 0.717) is 18.8 Å². The number of hydrogen-bond donors (Lipinski definition) is 0. The molecule has 158 valence electrons. The van der Waals surface area contributed by atoms with Crippen molar-refractivity contribution in [3.05, 3.63) is 23.3 Å². The van der Waals surface area contributed by atoms with Crippen LogP contribution in [0.1, 0.15) is 70.0 Å². The zero-order chi connectivity index (χ0) is 20.6. The molecular formula is C24H34N2O3. The molecule has 5 nitrogen and oxygen atoms in total. The van der Waals surface area contributed by atoms with Gasteiger partial charge >= 0.3 is 0 Å². The minimum Gasteiger partial charge on any atom is -0.493 e. The Hall–Kier alpha value is -1.77. The van der Waals surface area contributed by atoms with Crippen LogP contribution in [0.5, 0.6) is 11.5 Å². The average molecular weight is 399 g/mol. The first-order valence-electron chi connectivity index (χ1n) is 11.0. The van der Waals surface area contributed by atoms with E-state index in [-0.39, 0.29) is 11.0 Å². The maximum Gasteiger partial charge on any atom is 0.161 e. The lowest BCUT2D eigenvalue weighted by Crippen LogP contribution is -2.47. The molecule has 0 bridgehead atoms. The van der Waals surface area contributed by atoms with E-state index in [4.69, 9.17) is 14.2 Å². The second-order valence-corrected chi connectivity index (χ2v) is 9.93. The maximum absolute atomic E-state index is 9.48. The fourth-order valence-corrected chi connectivity index (χ4v) is 4.99. The highest BCUT2D eigenvalue weighted by Crippen LogP contribution is 2.44. The monoisotopic (exact) mass is 398 g/mol. The number of hydrogen-bond acceptors (Lipinski definition) is 5. The van der Waals surface area contributed by atoms with Crippen LogP contribution in [0.25, 0.3) is 0 Å². The third-order valence-electron chi connectivity index (χ3n) is 6.67. The zero-order valence-electron chi connectivity index (χ0n) is 18.3. The molecule has 2 atom stereocenters. The summed E-state index contributed by atoms with van der Waals surface area (Å²) in [6.45, 7) is 8.91. The number of benzene rings is 1. The SMILES string of the molecule is COc1cc2c(cc1OCC1(C#N)CCC1)CCN1CC(OC(C)(C)C)CCC21. The molecule has 1 aromatic rings. The van der Waals surface area contributed by atoms with Gasteiger partial charge < -0.3 is 14.2 Å². The highest BCUT2D eigenvalue weighted by atomic mass is 16.5. The third kappa shape index (κ3) is 4.25. The summed E-state index contributed by atoms with van der Waals surface area (Å²) in [7, 11) is 1.70. The highest BCUT2D eigenvalue weighted by molar-refractivity contribution is 5.49. The van der Waals surface area contributed by atoms with Crippen molar-refractivity contribution < 1.29 is 14.2 Å². The summed E-state index contributed by atoms with van der Waals surface area (Å²) in [6, 6.07) is 7.22. The fraction of sp³-hybridized carbons (Fsp3) is 0.708. The Kier molecular flexibility index (Phi) is 5.52. The molecule has 2 aliphatic heterocycles. The number of nitrogens with zero attached hydrogens (tertiary/aromatic N) is 2. The molecule has 1 aliphatic carbocycles. The molecule has 4 rings (SSSR count). The summed E-state index contributed by atoms with van der Waals surface area (Å²) < 4.78 is 18.1. The Morgan fingerprint density at radius 2 is 2.00 bits per heavy atom. The Morgan fingerprint density at radius 1 is 1.21 bits per heavy atom. The van der Waals surface area contributed by atoms with E-state index in [1.54, 1.807) is 7.11 Å². The predicted octanol–water partition coefficient (Wildman–Crippen LogP) is 4.64. The van der Waals surface area contributed by atoms with Crippen molar-refractivity contribution in [2.75, 3.05) is 26.8 Å². The lowest BCUT2D eigenvalue weighted by atomic mass is 9.71. The smallest absolute Gasteiger partial charge is 0.161 e. The van der Waals surface area contributed by atoms with Crippen LogP contribution in [-0.2, 0) is 11.2 Å². The molecule has 2 fully saturated rings. The number of ether oxygens (including phenoxy) is 3.